The standard InChI is InChI=1S/C12H17NO2.ClH/c1-2-3-9-12(14)13-15-10-11-7-5-4-6-8-11;/h4-8H,2-3,9-10H2,1H3,(H,13,14);1H. The molecule has 0 unspecified atom stereocenters. The van der Waals surface area contributed by atoms with Crippen LogP contribution in [0.25, 0.3) is 0 Å². The Morgan fingerprint density at radius 2 is 2.00 bits per heavy atom. The lowest BCUT2D eigenvalue weighted by atomic mass is 10.2. The second kappa shape index (κ2) is 9.19. The summed E-state index contributed by atoms with van der Waals surface area (Å²) in [5.74, 6) is -0.0484. The van der Waals surface area contributed by atoms with Gasteiger partial charge in [0.25, 0.3) is 0 Å². The smallest absolute Gasteiger partial charge is 0.243 e. The molecular formula is C12H18ClNO2. The molecule has 0 bridgehead atoms. The number of halogens is 1. The van der Waals surface area contributed by atoms with E-state index in [2.05, 4.69) is 12.4 Å². The van der Waals surface area contributed by atoms with Crippen molar-refractivity contribution in [3.05, 3.63) is 35.9 Å². The number of amides is 1. The van der Waals surface area contributed by atoms with Crippen molar-refractivity contribution in [3.8, 4) is 0 Å². The van der Waals surface area contributed by atoms with E-state index in [0.29, 0.717) is 13.0 Å². The predicted octanol–water partition coefficient (Wildman–Crippen LogP) is 2.85. The molecule has 0 aromatic heterocycles. The molecule has 0 aliphatic rings. The minimum absolute atomic E-state index is 0. The third-order valence-corrected chi connectivity index (χ3v) is 2.03. The number of hydrogen-bond donors (Lipinski definition) is 1. The summed E-state index contributed by atoms with van der Waals surface area (Å²) in [6, 6.07) is 9.74. The largest absolute Gasteiger partial charge is 0.273 e. The van der Waals surface area contributed by atoms with Gasteiger partial charge in [0.1, 0.15) is 0 Å². The minimum atomic E-state index is -0.0484. The molecule has 1 rings (SSSR count). The van der Waals surface area contributed by atoms with E-state index in [1.807, 2.05) is 30.3 Å². The summed E-state index contributed by atoms with van der Waals surface area (Å²) in [6.07, 6.45) is 2.46. The van der Waals surface area contributed by atoms with E-state index >= 15 is 0 Å². The van der Waals surface area contributed by atoms with Crippen LogP contribution in [0.5, 0.6) is 0 Å². The average Bonchev–Trinajstić information content (AvgIpc) is 2.28. The van der Waals surface area contributed by atoms with Crippen molar-refractivity contribution < 1.29 is 9.63 Å². The first-order valence-electron chi connectivity index (χ1n) is 5.27. The molecule has 0 spiro atoms. The summed E-state index contributed by atoms with van der Waals surface area (Å²) < 4.78 is 0. The lowest BCUT2D eigenvalue weighted by molar-refractivity contribution is -0.134. The fourth-order valence-electron chi connectivity index (χ4n) is 1.16. The van der Waals surface area contributed by atoms with Gasteiger partial charge >= 0.3 is 0 Å². The van der Waals surface area contributed by atoms with E-state index in [-0.39, 0.29) is 18.3 Å². The van der Waals surface area contributed by atoms with Gasteiger partial charge in [-0.15, -0.1) is 12.4 Å². The molecule has 0 atom stereocenters. The molecule has 0 aliphatic carbocycles. The van der Waals surface area contributed by atoms with Gasteiger partial charge in [0, 0.05) is 6.42 Å². The Morgan fingerprint density at radius 3 is 2.62 bits per heavy atom. The van der Waals surface area contributed by atoms with Crippen LogP contribution in [0.3, 0.4) is 0 Å². The Labute approximate surface area is 103 Å². The van der Waals surface area contributed by atoms with E-state index in [9.17, 15) is 4.79 Å². The quantitative estimate of drug-likeness (QED) is 0.781. The van der Waals surface area contributed by atoms with E-state index in [1.54, 1.807) is 0 Å². The highest BCUT2D eigenvalue weighted by Crippen LogP contribution is 1.99. The maximum absolute atomic E-state index is 11.2. The number of rotatable bonds is 6. The topological polar surface area (TPSA) is 38.3 Å². The first-order chi connectivity index (χ1) is 7.33. The van der Waals surface area contributed by atoms with Crippen LogP contribution in [0.1, 0.15) is 31.7 Å². The van der Waals surface area contributed by atoms with E-state index < -0.39 is 0 Å². The van der Waals surface area contributed by atoms with Gasteiger partial charge < -0.3 is 0 Å². The van der Waals surface area contributed by atoms with E-state index in [0.717, 1.165) is 18.4 Å². The Morgan fingerprint density at radius 1 is 1.31 bits per heavy atom. The second-order valence-electron chi connectivity index (χ2n) is 3.40. The monoisotopic (exact) mass is 243 g/mol. The number of hydrogen-bond acceptors (Lipinski definition) is 2. The molecule has 0 aliphatic heterocycles. The maximum atomic E-state index is 11.2. The fourth-order valence-corrected chi connectivity index (χ4v) is 1.16. The Balaban J connectivity index is 0.00000225. The van der Waals surface area contributed by atoms with Gasteiger partial charge in [0.2, 0.25) is 5.91 Å². The van der Waals surface area contributed by atoms with Gasteiger partial charge in [-0.2, -0.15) is 0 Å². The van der Waals surface area contributed by atoms with Crippen LogP contribution in [0.2, 0.25) is 0 Å². The highest BCUT2D eigenvalue weighted by Gasteiger charge is 1.99. The number of hydroxylamine groups is 1. The van der Waals surface area contributed by atoms with Gasteiger partial charge in [-0.05, 0) is 12.0 Å². The highest BCUT2D eigenvalue weighted by molar-refractivity contribution is 5.85. The fraction of sp³-hybridized carbons (Fsp3) is 0.417. The van der Waals surface area contributed by atoms with Crippen LogP contribution < -0.4 is 5.48 Å². The lowest BCUT2D eigenvalue weighted by Gasteiger charge is -2.05. The zero-order valence-electron chi connectivity index (χ0n) is 9.44. The van der Waals surface area contributed by atoms with Crippen molar-refractivity contribution in [3.63, 3.8) is 0 Å². The number of benzene rings is 1. The number of nitrogens with one attached hydrogen (secondary N) is 1. The third kappa shape index (κ3) is 6.43. The van der Waals surface area contributed by atoms with Gasteiger partial charge in [-0.3, -0.25) is 9.63 Å². The van der Waals surface area contributed by atoms with Crippen molar-refractivity contribution in [2.45, 2.75) is 32.8 Å². The summed E-state index contributed by atoms with van der Waals surface area (Å²) in [4.78, 5) is 16.2. The molecule has 1 aromatic carbocycles. The molecule has 4 heteroatoms. The van der Waals surface area contributed by atoms with Gasteiger partial charge in [-0.1, -0.05) is 43.7 Å². The Kier molecular flexibility index (Phi) is 8.58. The zero-order valence-corrected chi connectivity index (χ0v) is 10.3. The van der Waals surface area contributed by atoms with E-state index in [4.69, 9.17) is 4.84 Å². The van der Waals surface area contributed by atoms with Gasteiger partial charge in [0.15, 0.2) is 0 Å². The summed E-state index contributed by atoms with van der Waals surface area (Å²) in [6.45, 7) is 2.47. The Hall–Kier alpha value is -1.06. The summed E-state index contributed by atoms with van der Waals surface area (Å²) >= 11 is 0. The predicted molar refractivity (Wildman–Crippen MR) is 66.1 cm³/mol. The molecule has 1 amide bonds. The third-order valence-electron chi connectivity index (χ3n) is 2.03. The number of carbonyl (C=O) groups excluding carboxylic acids is 1. The molecule has 0 saturated carbocycles. The van der Waals surface area contributed by atoms with Gasteiger partial charge in [0.05, 0.1) is 6.61 Å². The van der Waals surface area contributed by atoms with Crippen LogP contribution in [0, 0.1) is 0 Å². The number of unbranched alkanes of at least 4 members (excludes halogenated alkanes) is 1. The van der Waals surface area contributed by atoms with Crippen LogP contribution >= 0.6 is 12.4 Å². The average molecular weight is 244 g/mol. The van der Waals surface area contributed by atoms with Crippen molar-refractivity contribution in [2.75, 3.05) is 0 Å². The maximum Gasteiger partial charge on any atom is 0.243 e. The highest BCUT2D eigenvalue weighted by atomic mass is 35.5. The van der Waals surface area contributed by atoms with Crippen LogP contribution in [-0.2, 0) is 16.2 Å². The first-order valence-corrected chi connectivity index (χ1v) is 5.27. The Bertz CT molecular complexity index is 290. The van der Waals surface area contributed by atoms with Crippen molar-refractivity contribution in [1.29, 1.82) is 0 Å². The minimum Gasteiger partial charge on any atom is -0.273 e. The molecule has 1 N–H and O–H groups in total. The van der Waals surface area contributed by atoms with Crippen molar-refractivity contribution in [2.24, 2.45) is 0 Å². The molecule has 0 fully saturated rings. The number of carbonyl (C=O) groups is 1. The lowest BCUT2D eigenvalue weighted by Crippen LogP contribution is -2.22. The van der Waals surface area contributed by atoms with E-state index in [1.165, 1.54) is 0 Å². The summed E-state index contributed by atoms with van der Waals surface area (Å²) in [5, 5.41) is 0. The molecule has 0 heterocycles. The second-order valence-corrected chi connectivity index (χ2v) is 3.40. The van der Waals surface area contributed by atoms with Crippen molar-refractivity contribution >= 4 is 18.3 Å². The molecule has 16 heavy (non-hydrogen) atoms. The SMILES string of the molecule is CCCCC(=O)NOCc1ccccc1.Cl. The first kappa shape index (κ1) is 14.9. The molecular weight excluding hydrogens is 226 g/mol. The normalized spacial score (nSPS) is 9.31. The van der Waals surface area contributed by atoms with Crippen LogP contribution in [0.15, 0.2) is 30.3 Å². The molecule has 3 nitrogen and oxygen atoms in total. The molecule has 1 aromatic rings. The zero-order chi connectivity index (χ0) is 10.9. The van der Waals surface area contributed by atoms with Crippen LogP contribution in [-0.4, -0.2) is 5.91 Å². The summed E-state index contributed by atoms with van der Waals surface area (Å²) in [7, 11) is 0. The van der Waals surface area contributed by atoms with Crippen LogP contribution in [0.4, 0.5) is 0 Å². The van der Waals surface area contributed by atoms with Gasteiger partial charge in [-0.25, -0.2) is 5.48 Å². The summed E-state index contributed by atoms with van der Waals surface area (Å²) in [5.41, 5.74) is 3.48. The molecule has 90 valence electrons. The molecule has 0 saturated heterocycles. The van der Waals surface area contributed by atoms with Crippen molar-refractivity contribution in [1.82, 2.24) is 5.48 Å². The molecule has 0 radical (unpaired) electrons.